The van der Waals surface area contributed by atoms with Gasteiger partial charge in [0.15, 0.2) is 5.65 Å². The molecule has 2 aliphatic carbocycles. The van der Waals surface area contributed by atoms with E-state index >= 15 is 0 Å². The van der Waals surface area contributed by atoms with Crippen LogP contribution in [-0.4, -0.2) is 14.5 Å². The quantitative estimate of drug-likeness (QED) is 0.174. The van der Waals surface area contributed by atoms with Gasteiger partial charge in [-0.05, 0) is 138 Å². The van der Waals surface area contributed by atoms with Crippen LogP contribution in [0.5, 0.6) is 0 Å². The van der Waals surface area contributed by atoms with Crippen LogP contribution in [0.2, 0.25) is 0 Å². The van der Waals surface area contributed by atoms with Crippen LogP contribution in [0, 0.1) is 0 Å². The number of pyridine rings is 1. The Hall–Kier alpha value is -7.36. The Labute approximate surface area is 356 Å². The summed E-state index contributed by atoms with van der Waals surface area (Å²) in [7, 11) is 0. The summed E-state index contributed by atoms with van der Waals surface area (Å²) >= 11 is 0. The average Bonchev–Trinajstić information content (AvgIpc) is 3.89. The molecule has 0 saturated heterocycles. The summed E-state index contributed by atoms with van der Waals surface area (Å²) in [6.45, 7) is 9.38. The van der Waals surface area contributed by atoms with Crippen molar-refractivity contribution >= 4 is 21.9 Å². The second-order valence-electron chi connectivity index (χ2n) is 17.9. The molecule has 0 saturated carbocycles. The highest BCUT2D eigenvalue weighted by Gasteiger charge is 2.36. The van der Waals surface area contributed by atoms with E-state index in [1.165, 1.54) is 66.4 Å². The fourth-order valence-electron chi connectivity index (χ4n) is 10.5. The lowest BCUT2D eigenvalue weighted by molar-refractivity contribution is 0.660. The third-order valence-electron chi connectivity index (χ3n) is 13.6. The molecule has 2 aliphatic rings. The maximum absolute atomic E-state index is 5.60. The molecule has 61 heavy (non-hydrogen) atoms. The molecule has 290 valence electrons. The van der Waals surface area contributed by atoms with Crippen molar-refractivity contribution in [2.24, 2.45) is 0 Å². The van der Waals surface area contributed by atoms with Crippen molar-refractivity contribution in [3.8, 4) is 72.7 Å². The average molecular weight is 782 g/mol. The Morgan fingerprint density at radius 1 is 0.377 bits per heavy atom. The number of nitrogens with zero attached hydrogens (tertiary/aromatic N) is 3. The van der Waals surface area contributed by atoms with Crippen molar-refractivity contribution in [1.29, 1.82) is 0 Å². The molecule has 2 aromatic heterocycles. The molecule has 0 aliphatic heterocycles. The summed E-state index contributed by atoms with van der Waals surface area (Å²) in [5.74, 6) is 0.852. The Morgan fingerprint density at radius 2 is 0.902 bits per heavy atom. The van der Waals surface area contributed by atoms with E-state index in [9.17, 15) is 0 Å². The first kappa shape index (κ1) is 35.6. The number of imidazole rings is 1. The summed E-state index contributed by atoms with van der Waals surface area (Å²) in [4.78, 5) is 10.7. The van der Waals surface area contributed by atoms with E-state index < -0.39 is 0 Å². The van der Waals surface area contributed by atoms with Crippen molar-refractivity contribution in [2.75, 3.05) is 0 Å². The first-order valence-electron chi connectivity index (χ1n) is 21.3. The molecule has 12 rings (SSSR count). The highest BCUT2D eigenvalue weighted by molar-refractivity contribution is 5.97. The molecule has 3 heteroatoms. The number of hydrogen-bond acceptors (Lipinski definition) is 2. The SMILES string of the molecule is CC1(C)c2ccccc2-c2cc(-c3cc(-c4ccc5c(c4)-c4ccccc4C5(C)C)cc(-c4nc5c(-c6ccc7ccccc7c6)ccnc5n4-c4ccccc4)c3)ccc21. The molecule has 2 heterocycles. The van der Waals surface area contributed by atoms with Gasteiger partial charge in [0, 0.05) is 33.8 Å². The zero-order valence-corrected chi connectivity index (χ0v) is 34.7. The highest BCUT2D eigenvalue weighted by atomic mass is 15.1. The van der Waals surface area contributed by atoms with Gasteiger partial charge in [0.25, 0.3) is 0 Å². The van der Waals surface area contributed by atoms with Crippen molar-refractivity contribution in [3.63, 3.8) is 0 Å². The Morgan fingerprint density at radius 3 is 1.54 bits per heavy atom. The van der Waals surface area contributed by atoms with Gasteiger partial charge in [-0.25, -0.2) is 9.97 Å². The van der Waals surface area contributed by atoms with Crippen molar-refractivity contribution in [2.45, 2.75) is 38.5 Å². The molecule has 0 amide bonds. The Balaban J connectivity index is 1.11. The zero-order valence-electron chi connectivity index (χ0n) is 34.7. The van der Waals surface area contributed by atoms with Crippen LogP contribution in [0.3, 0.4) is 0 Å². The van der Waals surface area contributed by atoms with Gasteiger partial charge in [0.1, 0.15) is 11.3 Å². The maximum atomic E-state index is 5.60. The Kier molecular flexibility index (Phi) is 7.62. The molecule has 8 aromatic carbocycles. The third-order valence-corrected chi connectivity index (χ3v) is 13.6. The molecule has 0 N–H and O–H groups in total. The lowest BCUT2D eigenvalue weighted by Crippen LogP contribution is -2.14. The summed E-state index contributed by atoms with van der Waals surface area (Å²) in [6, 6.07) is 66.8. The topological polar surface area (TPSA) is 30.7 Å². The molecule has 0 atom stereocenters. The lowest BCUT2D eigenvalue weighted by Gasteiger charge is -2.21. The summed E-state index contributed by atoms with van der Waals surface area (Å²) in [6.07, 6.45) is 1.92. The number of fused-ring (bicyclic) bond motifs is 8. The van der Waals surface area contributed by atoms with Gasteiger partial charge in [-0.3, -0.25) is 4.57 Å². The van der Waals surface area contributed by atoms with Gasteiger partial charge in [-0.1, -0.05) is 155 Å². The van der Waals surface area contributed by atoms with E-state index in [1.807, 2.05) is 6.20 Å². The molecule has 3 nitrogen and oxygen atoms in total. The smallest absolute Gasteiger partial charge is 0.165 e. The van der Waals surface area contributed by atoms with Gasteiger partial charge in [-0.2, -0.15) is 0 Å². The first-order valence-corrected chi connectivity index (χ1v) is 21.3. The van der Waals surface area contributed by atoms with Gasteiger partial charge >= 0.3 is 0 Å². The molecule has 0 radical (unpaired) electrons. The second kappa shape index (κ2) is 13.1. The van der Waals surface area contributed by atoms with Crippen molar-refractivity contribution in [3.05, 3.63) is 210 Å². The minimum absolute atomic E-state index is 0.0672. The predicted octanol–water partition coefficient (Wildman–Crippen LogP) is 14.9. The monoisotopic (exact) mass is 781 g/mol. The van der Waals surface area contributed by atoms with Gasteiger partial charge in [-0.15, -0.1) is 0 Å². The summed E-state index contributed by atoms with van der Waals surface area (Å²) < 4.78 is 2.24. The van der Waals surface area contributed by atoms with Crippen LogP contribution in [0.4, 0.5) is 0 Å². The molecular weight excluding hydrogens is 739 g/mol. The van der Waals surface area contributed by atoms with E-state index in [4.69, 9.17) is 9.97 Å². The normalized spacial score (nSPS) is 14.2. The van der Waals surface area contributed by atoms with E-state index in [0.29, 0.717) is 0 Å². The van der Waals surface area contributed by atoms with Crippen LogP contribution in [-0.2, 0) is 10.8 Å². The standard InChI is InChI=1S/C58H43N3/c1-57(2)50-20-12-10-18-46(50)48-34-38(24-26-52(48)57)41-31-42(39-25-27-53-49(35-39)47-19-11-13-21-51(47)58(53,3)4)33-43(32-41)55-60-54-45(40-23-22-36-14-8-9-15-37(36)30-40)28-29-59-56(54)61(55)44-16-6-5-7-17-44/h5-35H,1-4H3. The van der Waals surface area contributed by atoms with Crippen molar-refractivity contribution < 1.29 is 0 Å². The fraction of sp³-hybridized carbons (Fsp3) is 0.103. The summed E-state index contributed by atoms with van der Waals surface area (Å²) in [5.41, 5.74) is 21.2. The second-order valence-corrected chi connectivity index (χ2v) is 17.9. The minimum Gasteiger partial charge on any atom is -0.277 e. The van der Waals surface area contributed by atoms with Crippen LogP contribution in [0.25, 0.3) is 94.6 Å². The number of hydrogen-bond donors (Lipinski definition) is 0. The fourth-order valence-corrected chi connectivity index (χ4v) is 10.5. The third kappa shape index (κ3) is 5.36. The molecule has 0 bridgehead atoms. The van der Waals surface area contributed by atoms with E-state index in [-0.39, 0.29) is 10.8 Å². The van der Waals surface area contributed by atoms with Gasteiger partial charge in [0.2, 0.25) is 0 Å². The predicted molar refractivity (Wildman–Crippen MR) is 253 cm³/mol. The molecule has 0 unspecified atom stereocenters. The molecule has 10 aromatic rings. The van der Waals surface area contributed by atoms with E-state index in [1.54, 1.807) is 0 Å². The largest absolute Gasteiger partial charge is 0.277 e. The van der Waals surface area contributed by atoms with Crippen LogP contribution in [0.1, 0.15) is 49.9 Å². The number of rotatable bonds is 5. The van der Waals surface area contributed by atoms with Crippen LogP contribution >= 0.6 is 0 Å². The first-order chi connectivity index (χ1) is 29.7. The molecular formula is C58H43N3. The summed E-state index contributed by atoms with van der Waals surface area (Å²) in [5, 5.41) is 2.42. The minimum atomic E-state index is -0.0672. The Bertz CT molecular complexity index is 3300. The van der Waals surface area contributed by atoms with Gasteiger partial charge in [0.05, 0.1) is 0 Å². The van der Waals surface area contributed by atoms with E-state index in [0.717, 1.165) is 50.5 Å². The zero-order chi connectivity index (χ0) is 41.0. The van der Waals surface area contributed by atoms with Crippen LogP contribution in [0.15, 0.2) is 188 Å². The lowest BCUT2D eigenvalue weighted by atomic mass is 9.82. The van der Waals surface area contributed by atoms with Crippen LogP contribution < -0.4 is 0 Å². The molecule has 0 fully saturated rings. The number of benzene rings is 8. The highest BCUT2D eigenvalue weighted by Crippen LogP contribution is 2.52. The molecule has 0 spiro atoms. The van der Waals surface area contributed by atoms with Crippen molar-refractivity contribution in [1.82, 2.24) is 14.5 Å². The van der Waals surface area contributed by atoms with Gasteiger partial charge < -0.3 is 0 Å². The number of para-hydroxylation sites is 1. The number of aromatic nitrogens is 3. The maximum Gasteiger partial charge on any atom is 0.165 e. The van der Waals surface area contributed by atoms with E-state index in [2.05, 4.69) is 214 Å².